The maximum Gasteiger partial charge on any atom is 0.0147 e. The Labute approximate surface area is 136 Å². The quantitative estimate of drug-likeness (QED) is 0.844. The Morgan fingerprint density at radius 3 is 2.67 bits per heavy atom. The highest BCUT2D eigenvalue weighted by Gasteiger charge is 2.37. The van der Waals surface area contributed by atoms with E-state index in [1.807, 2.05) is 0 Å². The van der Waals surface area contributed by atoms with E-state index in [0.29, 0.717) is 5.41 Å². The number of nitrogens with one attached hydrogen (secondary N) is 1. The van der Waals surface area contributed by atoms with Crippen LogP contribution in [0.15, 0.2) is 0 Å². The highest BCUT2D eigenvalue weighted by Crippen LogP contribution is 2.40. The van der Waals surface area contributed by atoms with Gasteiger partial charge in [-0.05, 0) is 44.9 Å². The van der Waals surface area contributed by atoms with E-state index in [2.05, 4.69) is 56.6 Å². The van der Waals surface area contributed by atoms with Crippen LogP contribution in [0.3, 0.4) is 0 Å². The van der Waals surface area contributed by atoms with Crippen molar-refractivity contribution < 1.29 is 0 Å². The van der Waals surface area contributed by atoms with Crippen LogP contribution in [0.1, 0.15) is 60.3 Å². The molecule has 3 atom stereocenters. The Kier molecular flexibility index (Phi) is 6.07. The fourth-order valence-corrected chi connectivity index (χ4v) is 5.17. The monoisotopic (exact) mass is 312 g/mol. The average molecular weight is 313 g/mol. The highest BCUT2D eigenvalue weighted by molar-refractivity contribution is 7.99. The van der Waals surface area contributed by atoms with Crippen molar-refractivity contribution >= 4 is 11.8 Å². The minimum Gasteiger partial charge on any atom is -0.311 e. The average Bonchev–Trinajstić information content (AvgIpc) is 2.36. The Balaban J connectivity index is 2.00. The molecule has 0 aromatic carbocycles. The molecule has 2 rings (SSSR count). The first kappa shape index (κ1) is 17.6. The number of rotatable bonds is 4. The van der Waals surface area contributed by atoms with Gasteiger partial charge in [-0.2, -0.15) is 11.8 Å². The first-order valence-electron chi connectivity index (χ1n) is 8.87. The molecular formula is C18H36N2S. The summed E-state index contributed by atoms with van der Waals surface area (Å²) in [6, 6.07) is 0. The normalized spacial score (nSPS) is 35.9. The zero-order valence-electron chi connectivity index (χ0n) is 14.9. The summed E-state index contributed by atoms with van der Waals surface area (Å²) < 4.78 is 0. The van der Waals surface area contributed by atoms with E-state index < -0.39 is 0 Å². The van der Waals surface area contributed by atoms with E-state index >= 15 is 0 Å². The molecule has 124 valence electrons. The second-order valence-corrected chi connectivity index (χ2v) is 10.3. The summed E-state index contributed by atoms with van der Waals surface area (Å²) in [6.45, 7) is 16.8. The number of hydrogen-bond acceptors (Lipinski definition) is 3. The van der Waals surface area contributed by atoms with Gasteiger partial charge in [0.25, 0.3) is 0 Å². The van der Waals surface area contributed by atoms with Crippen LogP contribution in [-0.2, 0) is 0 Å². The Bertz CT molecular complexity index is 326. The summed E-state index contributed by atoms with van der Waals surface area (Å²) >= 11 is 2.14. The third-order valence-corrected chi connectivity index (χ3v) is 6.20. The van der Waals surface area contributed by atoms with Gasteiger partial charge in [0.2, 0.25) is 0 Å². The maximum atomic E-state index is 3.82. The van der Waals surface area contributed by atoms with Crippen LogP contribution in [0.2, 0.25) is 0 Å². The zero-order valence-corrected chi connectivity index (χ0v) is 15.7. The van der Waals surface area contributed by atoms with Gasteiger partial charge in [0.05, 0.1) is 0 Å². The summed E-state index contributed by atoms with van der Waals surface area (Å²) in [5.41, 5.74) is 0.741. The van der Waals surface area contributed by atoms with E-state index in [1.165, 1.54) is 57.6 Å². The molecule has 1 saturated heterocycles. The molecule has 0 amide bonds. The van der Waals surface area contributed by atoms with Gasteiger partial charge >= 0.3 is 0 Å². The van der Waals surface area contributed by atoms with E-state index in [-0.39, 0.29) is 5.54 Å². The highest BCUT2D eigenvalue weighted by atomic mass is 32.2. The fourth-order valence-electron chi connectivity index (χ4n) is 4.09. The lowest BCUT2D eigenvalue weighted by molar-refractivity contribution is 0.0755. The molecule has 2 nitrogen and oxygen atoms in total. The van der Waals surface area contributed by atoms with Gasteiger partial charge in [-0.15, -0.1) is 0 Å². The van der Waals surface area contributed by atoms with Crippen molar-refractivity contribution in [1.29, 1.82) is 0 Å². The molecule has 2 aliphatic rings. The van der Waals surface area contributed by atoms with Crippen LogP contribution >= 0.6 is 11.8 Å². The van der Waals surface area contributed by atoms with Crippen LogP contribution in [0.4, 0.5) is 0 Å². The van der Waals surface area contributed by atoms with Gasteiger partial charge in [-0.3, -0.25) is 0 Å². The molecule has 3 heteroatoms. The third kappa shape index (κ3) is 5.76. The summed E-state index contributed by atoms with van der Waals surface area (Å²) in [6.07, 6.45) is 5.68. The molecule has 1 saturated carbocycles. The minimum absolute atomic E-state index is 0.235. The molecule has 0 bridgehead atoms. The molecule has 2 fully saturated rings. The zero-order chi connectivity index (χ0) is 15.5. The van der Waals surface area contributed by atoms with Gasteiger partial charge in [-0.1, -0.05) is 26.7 Å². The Morgan fingerprint density at radius 2 is 2.05 bits per heavy atom. The molecule has 3 unspecified atom stereocenters. The molecule has 1 N–H and O–H groups in total. The predicted molar refractivity (Wildman–Crippen MR) is 96.2 cm³/mol. The van der Waals surface area contributed by atoms with Crippen molar-refractivity contribution in [2.45, 2.75) is 71.1 Å². The number of hydrogen-bond donors (Lipinski definition) is 1. The fraction of sp³-hybridized carbons (Fsp3) is 1.00. The second-order valence-electron chi connectivity index (χ2n) is 8.72. The van der Waals surface area contributed by atoms with Gasteiger partial charge in [0, 0.05) is 42.7 Å². The maximum absolute atomic E-state index is 3.82. The number of nitrogens with zero attached hydrogens (tertiary/aromatic N) is 1. The molecular weight excluding hydrogens is 276 g/mol. The summed E-state index contributed by atoms with van der Waals surface area (Å²) in [7, 11) is 0. The topological polar surface area (TPSA) is 15.3 Å². The molecule has 0 aromatic rings. The van der Waals surface area contributed by atoms with E-state index in [9.17, 15) is 0 Å². The first-order chi connectivity index (χ1) is 9.78. The second kappa shape index (κ2) is 7.23. The van der Waals surface area contributed by atoms with E-state index in [1.54, 1.807) is 0 Å². The Hall–Kier alpha value is 0.270. The lowest BCUT2D eigenvalue weighted by Crippen LogP contribution is -2.52. The molecule has 1 aliphatic carbocycles. The smallest absolute Gasteiger partial charge is 0.0147 e. The van der Waals surface area contributed by atoms with Crippen molar-refractivity contribution in [3.63, 3.8) is 0 Å². The lowest BCUT2D eigenvalue weighted by atomic mass is 9.69. The van der Waals surface area contributed by atoms with E-state index in [0.717, 1.165) is 11.2 Å². The van der Waals surface area contributed by atoms with Crippen LogP contribution in [0.25, 0.3) is 0 Å². The van der Waals surface area contributed by atoms with Crippen molar-refractivity contribution in [3.8, 4) is 0 Å². The van der Waals surface area contributed by atoms with Crippen molar-refractivity contribution in [3.05, 3.63) is 0 Å². The van der Waals surface area contributed by atoms with Crippen molar-refractivity contribution in [2.75, 3.05) is 31.9 Å². The molecule has 1 heterocycles. The van der Waals surface area contributed by atoms with Crippen molar-refractivity contribution in [1.82, 2.24) is 10.2 Å². The number of thioether (sulfide) groups is 1. The molecule has 0 radical (unpaired) electrons. The van der Waals surface area contributed by atoms with Gasteiger partial charge in [-0.25, -0.2) is 0 Å². The summed E-state index contributed by atoms with van der Waals surface area (Å²) in [4.78, 5) is 2.75. The Morgan fingerprint density at radius 1 is 1.29 bits per heavy atom. The molecule has 1 aliphatic heterocycles. The van der Waals surface area contributed by atoms with Crippen LogP contribution in [0.5, 0.6) is 0 Å². The molecule has 0 spiro atoms. The predicted octanol–water partition coefficient (Wildman–Crippen LogP) is 4.01. The van der Waals surface area contributed by atoms with Crippen LogP contribution in [-0.4, -0.2) is 47.6 Å². The largest absolute Gasteiger partial charge is 0.311 e. The van der Waals surface area contributed by atoms with Gasteiger partial charge in [0.1, 0.15) is 0 Å². The van der Waals surface area contributed by atoms with Crippen LogP contribution < -0.4 is 5.32 Å². The summed E-state index contributed by atoms with van der Waals surface area (Å²) in [5, 5.41) is 4.63. The van der Waals surface area contributed by atoms with Crippen molar-refractivity contribution in [2.24, 2.45) is 11.3 Å². The van der Waals surface area contributed by atoms with Crippen LogP contribution in [0, 0.1) is 11.3 Å². The van der Waals surface area contributed by atoms with Gasteiger partial charge < -0.3 is 10.2 Å². The standard InChI is InChI=1S/C18H36N2S/c1-15-7-6-8-18(11-15,13-19-17(3,4)5)14-20-9-10-21-16(2)12-20/h15-16,19H,6-14H2,1-5H3. The van der Waals surface area contributed by atoms with Gasteiger partial charge in [0.15, 0.2) is 0 Å². The minimum atomic E-state index is 0.235. The molecule has 0 aromatic heterocycles. The third-order valence-electron chi connectivity index (χ3n) is 5.06. The molecule has 21 heavy (non-hydrogen) atoms. The summed E-state index contributed by atoms with van der Waals surface area (Å²) in [5.74, 6) is 2.22. The SMILES string of the molecule is CC1CCCC(CNC(C)(C)C)(CN2CCSC(C)C2)C1. The van der Waals surface area contributed by atoms with E-state index in [4.69, 9.17) is 0 Å². The lowest BCUT2D eigenvalue weighted by Gasteiger charge is -2.46. The first-order valence-corrected chi connectivity index (χ1v) is 9.92.